The summed E-state index contributed by atoms with van der Waals surface area (Å²) in [5, 5.41) is 2.48. The van der Waals surface area contributed by atoms with Crippen LogP contribution in [-0.4, -0.2) is 50.1 Å². The third kappa shape index (κ3) is 10.1. The Labute approximate surface area is 233 Å². The minimum atomic E-state index is -0.595. The van der Waals surface area contributed by atoms with E-state index in [1.165, 1.54) is 20.4 Å². The zero-order valence-corrected chi connectivity index (χ0v) is 22.6. The van der Waals surface area contributed by atoms with Gasteiger partial charge in [0.2, 0.25) is 0 Å². The van der Waals surface area contributed by atoms with Gasteiger partial charge in [-0.2, -0.15) is 0 Å². The number of carbonyl (C=O) groups excluding carboxylic acids is 3. The van der Waals surface area contributed by atoms with Gasteiger partial charge >= 0.3 is 11.9 Å². The zero-order valence-electron chi connectivity index (χ0n) is 22.6. The van der Waals surface area contributed by atoms with Crippen molar-refractivity contribution in [1.82, 2.24) is 10.3 Å². The molecule has 0 fully saturated rings. The molecule has 0 radical (unpaired) electrons. The molecule has 40 heavy (non-hydrogen) atoms. The number of ether oxygens (including phenoxy) is 4. The highest BCUT2D eigenvalue weighted by atomic mass is 16.6. The number of nitrogens with two attached hydrogens (primary N) is 1. The van der Waals surface area contributed by atoms with E-state index in [2.05, 4.69) is 23.5 Å². The fourth-order valence-electron chi connectivity index (χ4n) is 3.25. The maximum absolute atomic E-state index is 11.9. The van der Waals surface area contributed by atoms with Gasteiger partial charge in [0.15, 0.2) is 23.0 Å². The molecule has 1 amide bonds. The van der Waals surface area contributed by atoms with Crippen LogP contribution in [0.5, 0.6) is 23.0 Å². The highest BCUT2D eigenvalue weighted by molar-refractivity contribution is 5.95. The second kappa shape index (κ2) is 16.8. The lowest BCUT2D eigenvalue weighted by atomic mass is 10.1. The Balaban J connectivity index is 0.000000305. The maximum atomic E-state index is 11.9. The van der Waals surface area contributed by atoms with Crippen molar-refractivity contribution in [2.24, 2.45) is 5.73 Å². The average molecular weight is 548 g/mol. The Bertz CT molecular complexity index is 1310. The lowest BCUT2D eigenvalue weighted by Gasteiger charge is -2.11. The van der Waals surface area contributed by atoms with E-state index in [-0.39, 0.29) is 13.1 Å². The smallest absolute Gasteiger partial charge is 0.330 e. The lowest BCUT2D eigenvalue weighted by Crippen LogP contribution is -2.32. The number of rotatable bonds is 12. The van der Waals surface area contributed by atoms with Crippen LogP contribution in [0.25, 0.3) is 0 Å². The van der Waals surface area contributed by atoms with Gasteiger partial charge in [0.25, 0.3) is 5.91 Å². The minimum absolute atomic E-state index is 0.155. The predicted octanol–water partition coefficient (Wildman–Crippen LogP) is 3.44. The van der Waals surface area contributed by atoms with Crippen LogP contribution in [0.4, 0.5) is 0 Å². The second-order valence-corrected chi connectivity index (χ2v) is 8.03. The molecule has 0 atom stereocenters. The number of aromatic nitrogens is 1. The summed E-state index contributed by atoms with van der Waals surface area (Å²) in [4.78, 5) is 38.6. The molecule has 1 aromatic heterocycles. The van der Waals surface area contributed by atoms with Crippen LogP contribution in [0.1, 0.15) is 21.5 Å². The first-order valence-corrected chi connectivity index (χ1v) is 12.2. The van der Waals surface area contributed by atoms with Gasteiger partial charge in [0.1, 0.15) is 6.54 Å². The Morgan fingerprint density at radius 3 is 1.85 bits per heavy atom. The van der Waals surface area contributed by atoms with E-state index in [0.717, 1.165) is 17.5 Å². The summed E-state index contributed by atoms with van der Waals surface area (Å²) >= 11 is 0. The van der Waals surface area contributed by atoms with E-state index in [1.54, 1.807) is 54.7 Å². The van der Waals surface area contributed by atoms with Crippen LogP contribution in [0.3, 0.4) is 0 Å². The number of pyridine rings is 1. The number of methoxy groups -OCH3 is 2. The average Bonchev–Trinajstić information content (AvgIpc) is 2.98. The van der Waals surface area contributed by atoms with Crippen molar-refractivity contribution in [2.45, 2.75) is 12.8 Å². The number of esters is 2. The molecule has 0 spiro atoms. The summed E-state index contributed by atoms with van der Waals surface area (Å²) in [6, 6.07) is 13.8. The molecule has 10 heteroatoms. The fourth-order valence-corrected chi connectivity index (χ4v) is 3.25. The van der Waals surface area contributed by atoms with Crippen molar-refractivity contribution in [3.05, 3.63) is 103 Å². The third-order valence-electron chi connectivity index (χ3n) is 5.15. The van der Waals surface area contributed by atoms with Gasteiger partial charge in [-0.25, -0.2) is 4.79 Å². The molecule has 3 rings (SSSR count). The summed E-state index contributed by atoms with van der Waals surface area (Å²) in [6.45, 7) is 6.92. The van der Waals surface area contributed by atoms with E-state index in [0.29, 0.717) is 35.0 Å². The Morgan fingerprint density at radius 1 is 0.850 bits per heavy atom. The Morgan fingerprint density at radius 2 is 1.40 bits per heavy atom. The van der Waals surface area contributed by atoms with Gasteiger partial charge in [-0.15, -0.1) is 13.2 Å². The first kappa shape index (κ1) is 31.3. The van der Waals surface area contributed by atoms with E-state index in [1.807, 2.05) is 12.1 Å². The van der Waals surface area contributed by atoms with Crippen LogP contribution >= 0.6 is 0 Å². The first-order valence-electron chi connectivity index (χ1n) is 12.2. The second-order valence-electron chi connectivity index (χ2n) is 8.03. The summed E-state index contributed by atoms with van der Waals surface area (Å²) in [5.41, 5.74) is 7.57. The maximum Gasteiger partial charge on any atom is 0.330 e. The van der Waals surface area contributed by atoms with Gasteiger partial charge < -0.3 is 30.0 Å². The van der Waals surface area contributed by atoms with Crippen molar-refractivity contribution in [3.8, 4) is 23.0 Å². The molecule has 1 heterocycles. The number of hydrogen-bond acceptors (Lipinski definition) is 9. The lowest BCUT2D eigenvalue weighted by molar-refractivity contribution is -0.134. The molecule has 0 saturated heterocycles. The first-order chi connectivity index (χ1) is 19.3. The number of hydrogen-bond donors (Lipinski definition) is 2. The molecular formula is C30H33N3O7. The van der Waals surface area contributed by atoms with Gasteiger partial charge in [-0.05, 0) is 60.4 Å². The topological polar surface area (TPSA) is 139 Å². The summed E-state index contributed by atoms with van der Waals surface area (Å²) in [7, 11) is 3.02. The molecular weight excluding hydrogens is 514 g/mol. The van der Waals surface area contributed by atoms with Crippen LogP contribution < -0.4 is 30.0 Å². The number of nitrogens with one attached hydrogen (secondary N) is 1. The van der Waals surface area contributed by atoms with Crippen LogP contribution in [-0.2, 0) is 22.4 Å². The van der Waals surface area contributed by atoms with Crippen LogP contribution in [0.2, 0.25) is 0 Å². The van der Waals surface area contributed by atoms with Crippen molar-refractivity contribution in [2.75, 3.05) is 27.3 Å². The van der Waals surface area contributed by atoms with E-state index in [4.69, 9.17) is 24.7 Å². The Kier molecular flexibility index (Phi) is 13.1. The summed E-state index contributed by atoms with van der Waals surface area (Å²) < 4.78 is 20.6. The molecule has 10 nitrogen and oxygen atoms in total. The summed E-state index contributed by atoms with van der Waals surface area (Å²) in [6.07, 6.45) is 7.97. The Hall–Kier alpha value is -4.96. The molecule has 0 unspecified atom stereocenters. The molecule has 0 aliphatic rings. The third-order valence-corrected chi connectivity index (χ3v) is 5.15. The van der Waals surface area contributed by atoms with Crippen molar-refractivity contribution < 1.29 is 33.3 Å². The number of carbonyl (C=O) groups is 3. The fraction of sp³-hybridized carbons (Fsp3) is 0.200. The van der Waals surface area contributed by atoms with Crippen molar-refractivity contribution in [3.63, 3.8) is 0 Å². The van der Waals surface area contributed by atoms with E-state index < -0.39 is 17.8 Å². The highest BCUT2D eigenvalue weighted by Crippen LogP contribution is 2.29. The number of allylic oxidation sites excluding steroid dienone is 2. The molecule has 210 valence electrons. The number of nitrogens with zero attached hydrogens (tertiary/aromatic N) is 1. The molecule has 0 aliphatic heterocycles. The molecule has 0 bridgehead atoms. The SMILES string of the molecule is C=CCc1ccc(OC(=O)CN)c(OC)c1.C=CCc1ccc(OC(=O)CNC(=O)c2cccnc2)c(OC)c1. The summed E-state index contributed by atoms with van der Waals surface area (Å²) in [5.74, 6) is 0.157. The van der Waals surface area contributed by atoms with Gasteiger partial charge in [-0.1, -0.05) is 24.3 Å². The zero-order chi connectivity index (χ0) is 29.3. The normalized spacial score (nSPS) is 9.78. The molecule has 3 aromatic rings. The molecule has 2 aromatic carbocycles. The van der Waals surface area contributed by atoms with E-state index >= 15 is 0 Å². The van der Waals surface area contributed by atoms with Crippen LogP contribution in [0, 0.1) is 0 Å². The van der Waals surface area contributed by atoms with Crippen LogP contribution in [0.15, 0.2) is 86.2 Å². The quantitative estimate of drug-likeness (QED) is 0.198. The number of benzene rings is 2. The van der Waals surface area contributed by atoms with Gasteiger partial charge in [0.05, 0.1) is 26.3 Å². The standard InChI is InChI=1S/C18H18N2O4.C12H15NO3/c1-3-5-13-7-8-15(16(10-13)23-2)24-17(21)12-20-18(22)14-6-4-9-19-11-14;1-3-4-9-5-6-10(11(7-9)15-2)16-12(14)8-13/h3-4,6-11H,1,5,12H2,2H3,(H,20,22);3,5-7H,1,4,8,13H2,2H3. The number of amides is 1. The minimum Gasteiger partial charge on any atom is -0.493 e. The molecule has 0 aliphatic carbocycles. The molecule has 3 N–H and O–H groups in total. The van der Waals surface area contributed by atoms with Crippen molar-refractivity contribution in [1.29, 1.82) is 0 Å². The van der Waals surface area contributed by atoms with Gasteiger partial charge in [-0.3, -0.25) is 14.6 Å². The largest absolute Gasteiger partial charge is 0.493 e. The van der Waals surface area contributed by atoms with Crippen molar-refractivity contribution >= 4 is 17.8 Å². The predicted molar refractivity (Wildman–Crippen MR) is 151 cm³/mol. The van der Waals surface area contributed by atoms with Gasteiger partial charge in [0, 0.05) is 12.4 Å². The molecule has 0 saturated carbocycles. The highest BCUT2D eigenvalue weighted by Gasteiger charge is 2.13. The van der Waals surface area contributed by atoms with E-state index in [9.17, 15) is 14.4 Å². The monoisotopic (exact) mass is 547 g/mol.